The fraction of sp³-hybridized carbons (Fsp3) is 0.769. The molecule has 0 aromatic carbocycles. The van der Waals surface area contributed by atoms with Crippen LogP contribution >= 0.6 is 0 Å². The maximum absolute atomic E-state index is 12.1. The number of primary amides is 1. The third-order valence-corrected chi connectivity index (χ3v) is 3.80. The summed E-state index contributed by atoms with van der Waals surface area (Å²) >= 11 is 0. The molecule has 0 radical (unpaired) electrons. The number of carbonyl (C=O) groups excluding carboxylic acids is 2. The van der Waals surface area contributed by atoms with Crippen LogP contribution in [0.4, 0.5) is 4.79 Å². The van der Waals surface area contributed by atoms with E-state index in [-0.39, 0.29) is 12.5 Å². The molecule has 1 saturated heterocycles. The first-order chi connectivity index (χ1) is 9.16. The summed E-state index contributed by atoms with van der Waals surface area (Å²) < 4.78 is 0. The number of piperidine rings is 1. The Morgan fingerprint density at radius 3 is 2.50 bits per heavy atom. The van der Waals surface area contributed by atoms with Gasteiger partial charge < -0.3 is 21.1 Å². The summed E-state index contributed by atoms with van der Waals surface area (Å²) in [5.41, 5.74) is 4.37. The van der Waals surface area contributed by atoms with Gasteiger partial charge in [-0.15, -0.1) is 0 Å². The van der Waals surface area contributed by atoms with E-state index in [2.05, 4.69) is 5.32 Å². The minimum Gasteiger partial charge on any atom is -0.480 e. The number of aliphatic carboxylic acids is 1. The lowest BCUT2D eigenvalue weighted by molar-refractivity contribution is -0.145. The number of carboxylic acid groups (broad SMARTS) is 1. The van der Waals surface area contributed by atoms with Crippen LogP contribution in [0.3, 0.4) is 0 Å². The number of rotatable bonds is 4. The number of hydrogen-bond donors (Lipinski definition) is 3. The van der Waals surface area contributed by atoms with E-state index >= 15 is 0 Å². The van der Waals surface area contributed by atoms with Crippen LogP contribution in [0.15, 0.2) is 0 Å². The van der Waals surface area contributed by atoms with E-state index < -0.39 is 29.4 Å². The van der Waals surface area contributed by atoms with Crippen LogP contribution in [0.2, 0.25) is 0 Å². The van der Waals surface area contributed by atoms with E-state index in [1.165, 1.54) is 4.90 Å². The first kappa shape index (κ1) is 16.3. The number of nitrogens with two attached hydrogens (primary N) is 1. The molecule has 0 aromatic rings. The molecule has 0 spiro atoms. The molecule has 0 saturated carbocycles. The molecule has 3 amide bonds. The van der Waals surface area contributed by atoms with E-state index in [1.54, 1.807) is 13.8 Å². The Kier molecular flexibility index (Phi) is 4.97. The molecule has 1 aliphatic heterocycles. The average Bonchev–Trinajstić information content (AvgIpc) is 2.35. The highest BCUT2D eigenvalue weighted by Gasteiger charge is 2.37. The van der Waals surface area contributed by atoms with Gasteiger partial charge in [-0.3, -0.25) is 4.79 Å². The van der Waals surface area contributed by atoms with E-state index in [4.69, 9.17) is 5.73 Å². The maximum atomic E-state index is 12.1. The van der Waals surface area contributed by atoms with Gasteiger partial charge in [0.15, 0.2) is 0 Å². The van der Waals surface area contributed by atoms with E-state index in [0.29, 0.717) is 6.54 Å². The largest absolute Gasteiger partial charge is 0.480 e. The summed E-state index contributed by atoms with van der Waals surface area (Å²) in [6.07, 6.45) is 1.56. The van der Waals surface area contributed by atoms with Gasteiger partial charge in [0.2, 0.25) is 5.91 Å². The minimum absolute atomic E-state index is 0.0817. The van der Waals surface area contributed by atoms with Crippen molar-refractivity contribution in [3.63, 3.8) is 0 Å². The maximum Gasteiger partial charge on any atom is 0.326 e. The van der Waals surface area contributed by atoms with Crippen molar-refractivity contribution in [1.82, 2.24) is 10.2 Å². The summed E-state index contributed by atoms with van der Waals surface area (Å²) in [5, 5.41) is 11.9. The topological polar surface area (TPSA) is 113 Å². The predicted octanol–water partition coefficient (Wildman–Crippen LogP) is 0.393. The molecule has 114 valence electrons. The van der Waals surface area contributed by atoms with E-state index in [1.807, 2.05) is 6.92 Å². The monoisotopic (exact) mass is 285 g/mol. The number of carboxylic acids is 1. The Labute approximate surface area is 118 Å². The van der Waals surface area contributed by atoms with E-state index in [0.717, 1.165) is 12.8 Å². The zero-order chi connectivity index (χ0) is 15.5. The van der Waals surface area contributed by atoms with Crippen LogP contribution in [0.25, 0.3) is 0 Å². The Morgan fingerprint density at radius 1 is 1.40 bits per heavy atom. The lowest BCUT2D eigenvalue weighted by Gasteiger charge is -2.37. The number of carbonyl (C=O) groups is 3. The molecule has 1 aliphatic rings. The van der Waals surface area contributed by atoms with Gasteiger partial charge in [-0.2, -0.15) is 0 Å². The first-order valence-corrected chi connectivity index (χ1v) is 6.74. The van der Waals surface area contributed by atoms with Crippen molar-refractivity contribution in [2.24, 2.45) is 17.1 Å². The van der Waals surface area contributed by atoms with Crippen molar-refractivity contribution in [2.45, 2.75) is 39.7 Å². The van der Waals surface area contributed by atoms with Gasteiger partial charge >= 0.3 is 12.0 Å². The standard InChI is InChI=1S/C13H23N3O4/c1-8-5-4-6-16(9(8)10(17)18)12(20)15-7-13(2,3)11(14)19/h8-9H,4-7H2,1-3H3,(H2,14,19)(H,15,20)(H,17,18). The molecule has 0 aromatic heterocycles. The smallest absolute Gasteiger partial charge is 0.326 e. The van der Waals surface area contributed by atoms with Crippen LogP contribution in [0.1, 0.15) is 33.6 Å². The molecule has 1 fully saturated rings. The SMILES string of the molecule is CC1CCCN(C(=O)NCC(C)(C)C(N)=O)C1C(=O)O. The number of nitrogens with one attached hydrogen (secondary N) is 1. The van der Waals surface area contributed by atoms with Crippen LogP contribution in [-0.2, 0) is 9.59 Å². The summed E-state index contributed by atoms with van der Waals surface area (Å²) in [7, 11) is 0. The molecule has 2 atom stereocenters. The zero-order valence-corrected chi connectivity index (χ0v) is 12.2. The fourth-order valence-corrected chi connectivity index (χ4v) is 2.28. The Bertz CT molecular complexity index is 408. The Morgan fingerprint density at radius 2 is 2.00 bits per heavy atom. The van der Waals surface area contributed by atoms with Crippen molar-refractivity contribution in [3.05, 3.63) is 0 Å². The van der Waals surface area contributed by atoms with Crippen molar-refractivity contribution in [1.29, 1.82) is 0 Å². The van der Waals surface area contributed by atoms with Gasteiger partial charge in [-0.1, -0.05) is 6.92 Å². The predicted molar refractivity (Wildman–Crippen MR) is 72.9 cm³/mol. The second-order valence-corrected chi connectivity index (χ2v) is 6.00. The molecule has 1 rings (SSSR count). The third-order valence-electron chi connectivity index (χ3n) is 3.80. The average molecular weight is 285 g/mol. The number of amides is 3. The highest BCUT2D eigenvalue weighted by atomic mass is 16.4. The van der Waals surface area contributed by atoms with E-state index in [9.17, 15) is 19.5 Å². The Balaban J connectivity index is 2.70. The molecule has 0 aliphatic carbocycles. The van der Waals surface area contributed by atoms with Crippen LogP contribution in [0.5, 0.6) is 0 Å². The van der Waals surface area contributed by atoms with Crippen LogP contribution in [-0.4, -0.2) is 47.0 Å². The Hall–Kier alpha value is -1.79. The fourth-order valence-electron chi connectivity index (χ4n) is 2.28. The van der Waals surface area contributed by atoms with Crippen molar-refractivity contribution < 1.29 is 19.5 Å². The number of hydrogen-bond acceptors (Lipinski definition) is 3. The van der Waals surface area contributed by atoms with Crippen molar-refractivity contribution in [3.8, 4) is 0 Å². The molecule has 2 unspecified atom stereocenters. The summed E-state index contributed by atoms with van der Waals surface area (Å²) in [6.45, 7) is 5.57. The van der Waals surface area contributed by atoms with Crippen LogP contribution < -0.4 is 11.1 Å². The molecule has 7 heteroatoms. The minimum atomic E-state index is -0.999. The molecular formula is C13H23N3O4. The zero-order valence-electron chi connectivity index (χ0n) is 12.2. The molecule has 1 heterocycles. The molecule has 4 N–H and O–H groups in total. The molecular weight excluding hydrogens is 262 g/mol. The molecule has 20 heavy (non-hydrogen) atoms. The number of urea groups is 1. The number of likely N-dealkylation sites (tertiary alicyclic amines) is 1. The van der Waals surface area contributed by atoms with Gasteiger partial charge in [0.05, 0.1) is 5.41 Å². The third kappa shape index (κ3) is 3.61. The highest BCUT2D eigenvalue weighted by Crippen LogP contribution is 2.23. The van der Waals surface area contributed by atoms with Crippen LogP contribution in [0, 0.1) is 11.3 Å². The lowest BCUT2D eigenvalue weighted by Crippen LogP contribution is -2.56. The molecule has 0 bridgehead atoms. The van der Waals surface area contributed by atoms with Gasteiger partial charge in [-0.25, -0.2) is 9.59 Å². The second kappa shape index (κ2) is 6.11. The van der Waals surface area contributed by atoms with Gasteiger partial charge in [0.25, 0.3) is 0 Å². The summed E-state index contributed by atoms with van der Waals surface area (Å²) in [6, 6.07) is -1.28. The summed E-state index contributed by atoms with van der Waals surface area (Å²) in [5.74, 6) is -1.60. The normalized spacial score (nSPS) is 23.2. The second-order valence-electron chi connectivity index (χ2n) is 6.00. The lowest BCUT2D eigenvalue weighted by atomic mass is 9.91. The quantitative estimate of drug-likeness (QED) is 0.693. The number of nitrogens with zero attached hydrogens (tertiary/aromatic N) is 1. The van der Waals surface area contributed by atoms with Crippen molar-refractivity contribution >= 4 is 17.9 Å². The van der Waals surface area contributed by atoms with Gasteiger partial charge in [0.1, 0.15) is 6.04 Å². The van der Waals surface area contributed by atoms with Gasteiger partial charge in [-0.05, 0) is 32.6 Å². The highest BCUT2D eigenvalue weighted by molar-refractivity contribution is 5.84. The van der Waals surface area contributed by atoms with Gasteiger partial charge in [0, 0.05) is 13.1 Å². The van der Waals surface area contributed by atoms with Crippen molar-refractivity contribution in [2.75, 3.05) is 13.1 Å². The summed E-state index contributed by atoms with van der Waals surface area (Å²) in [4.78, 5) is 35.9. The molecule has 7 nitrogen and oxygen atoms in total. The first-order valence-electron chi connectivity index (χ1n) is 6.74.